The van der Waals surface area contributed by atoms with E-state index in [2.05, 4.69) is 10.3 Å². The Kier molecular flexibility index (Phi) is 6.43. The Labute approximate surface area is 214 Å². The molecular weight excluding hydrogens is 474 g/mol. The summed E-state index contributed by atoms with van der Waals surface area (Å²) in [5, 5.41) is 13.6. The summed E-state index contributed by atoms with van der Waals surface area (Å²) in [6.45, 7) is 3.97. The fraction of sp³-hybridized carbons (Fsp3) is 0.179. The van der Waals surface area contributed by atoms with E-state index in [0.717, 1.165) is 17.1 Å². The molecule has 2 aromatic heterocycles. The van der Waals surface area contributed by atoms with Crippen LogP contribution < -0.4 is 15.0 Å². The van der Waals surface area contributed by atoms with Crippen LogP contribution in [0.3, 0.4) is 0 Å². The van der Waals surface area contributed by atoms with Crippen molar-refractivity contribution in [2.45, 2.75) is 32.0 Å². The summed E-state index contributed by atoms with van der Waals surface area (Å²) in [7, 11) is 0. The maximum Gasteiger partial charge on any atom is 0.336 e. The van der Waals surface area contributed by atoms with Crippen molar-refractivity contribution in [1.29, 1.82) is 0 Å². The summed E-state index contributed by atoms with van der Waals surface area (Å²) < 4.78 is 12.1. The number of hydrogen-bond acceptors (Lipinski definition) is 5. The summed E-state index contributed by atoms with van der Waals surface area (Å²) >= 11 is 5.77. The van der Waals surface area contributed by atoms with E-state index in [-0.39, 0.29) is 23.8 Å². The first-order valence-electron chi connectivity index (χ1n) is 11.6. The van der Waals surface area contributed by atoms with Crippen molar-refractivity contribution in [3.8, 4) is 17.1 Å². The molecule has 0 spiro atoms. The van der Waals surface area contributed by atoms with Crippen molar-refractivity contribution in [2.75, 3.05) is 4.90 Å². The first-order valence-corrected chi connectivity index (χ1v) is 12.0. The normalized spacial score (nSPS) is 17.3. The quantitative estimate of drug-likeness (QED) is 0.299. The van der Waals surface area contributed by atoms with Gasteiger partial charge in [0.15, 0.2) is 5.11 Å². The zero-order valence-corrected chi connectivity index (χ0v) is 20.6. The van der Waals surface area contributed by atoms with Crippen LogP contribution in [0.4, 0.5) is 5.69 Å². The minimum Gasteiger partial charge on any atom is -0.491 e. The molecule has 1 aliphatic rings. The number of aromatic nitrogens is 1. The number of carbonyl (C=O) groups is 1. The Hall–Kier alpha value is -4.17. The average Bonchev–Trinajstić information content (AvgIpc) is 3.49. The lowest BCUT2D eigenvalue weighted by Gasteiger charge is -2.26. The van der Waals surface area contributed by atoms with Crippen LogP contribution in [0, 0.1) is 0 Å². The van der Waals surface area contributed by atoms with Gasteiger partial charge < -0.3 is 24.5 Å². The molecule has 2 N–H and O–H groups in total. The van der Waals surface area contributed by atoms with E-state index in [1.54, 1.807) is 36.5 Å². The van der Waals surface area contributed by atoms with Gasteiger partial charge >= 0.3 is 5.97 Å². The number of pyridine rings is 1. The van der Waals surface area contributed by atoms with Crippen LogP contribution in [0.2, 0.25) is 0 Å². The van der Waals surface area contributed by atoms with Crippen LogP contribution in [0.15, 0.2) is 89.5 Å². The highest BCUT2D eigenvalue weighted by atomic mass is 32.1. The monoisotopic (exact) mass is 499 g/mol. The smallest absolute Gasteiger partial charge is 0.336 e. The van der Waals surface area contributed by atoms with Crippen LogP contribution in [-0.4, -0.2) is 27.3 Å². The maximum absolute atomic E-state index is 11.8. The van der Waals surface area contributed by atoms with Gasteiger partial charge in [-0.05, 0) is 80.7 Å². The number of nitrogens with zero attached hydrogens (tertiary/aromatic N) is 2. The fourth-order valence-corrected chi connectivity index (χ4v) is 4.77. The molecule has 4 aromatic rings. The van der Waals surface area contributed by atoms with Crippen LogP contribution in [0.1, 0.15) is 47.7 Å². The number of nitrogens with one attached hydrogen (secondary N) is 1. The van der Waals surface area contributed by atoms with Crippen molar-refractivity contribution in [2.24, 2.45) is 0 Å². The second-order valence-corrected chi connectivity index (χ2v) is 9.10. The van der Waals surface area contributed by atoms with Crippen molar-refractivity contribution in [3.63, 3.8) is 0 Å². The minimum absolute atomic E-state index is 0.0712. The molecule has 0 radical (unpaired) electrons. The van der Waals surface area contributed by atoms with Crippen LogP contribution >= 0.6 is 12.2 Å². The van der Waals surface area contributed by atoms with Gasteiger partial charge in [0, 0.05) is 17.4 Å². The molecule has 8 heteroatoms. The van der Waals surface area contributed by atoms with Gasteiger partial charge in [-0.2, -0.15) is 0 Å². The van der Waals surface area contributed by atoms with E-state index >= 15 is 0 Å². The minimum atomic E-state index is -1.01. The summed E-state index contributed by atoms with van der Waals surface area (Å²) in [5.74, 6) is 0.871. The number of anilines is 1. The van der Waals surface area contributed by atoms with Gasteiger partial charge in [-0.3, -0.25) is 4.98 Å². The second kappa shape index (κ2) is 9.83. The lowest BCUT2D eigenvalue weighted by Crippen LogP contribution is -2.29. The van der Waals surface area contributed by atoms with Gasteiger partial charge in [-0.1, -0.05) is 24.3 Å². The molecule has 2 atom stereocenters. The molecule has 0 unspecified atom stereocenters. The molecule has 36 heavy (non-hydrogen) atoms. The van der Waals surface area contributed by atoms with Crippen LogP contribution in [-0.2, 0) is 0 Å². The standard InChI is InChI=1S/C28H25N3O4S/c1-17(2)34-19-12-10-18(11-13-19)31-26(25(30-28(31)36)22-9-5-6-16-29-22)24-15-14-23(35-24)20-7-3-4-8-21(20)27(32)33/h3-17,25-26H,1-2H3,(H,30,36)(H,32,33)/t25-,26-/m1/s1. The van der Waals surface area contributed by atoms with Crippen LogP contribution in [0.5, 0.6) is 5.75 Å². The predicted molar refractivity (Wildman–Crippen MR) is 141 cm³/mol. The first kappa shape index (κ1) is 23.6. The number of ether oxygens (including phenoxy) is 1. The predicted octanol–water partition coefficient (Wildman–Crippen LogP) is 6.00. The van der Waals surface area contributed by atoms with Crippen molar-refractivity contribution < 1.29 is 19.1 Å². The van der Waals surface area contributed by atoms with Gasteiger partial charge in [0.2, 0.25) is 0 Å². The molecular formula is C28H25N3O4S. The zero-order chi connectivity index (χ0) is 25.2. The lowest BCUT2D eigenvalue weighted by molar-refractivity contribution is 0.0697. The number of carboxylic acid groups (broad SMARTS) is 1. The number of hydrogen-bond donors (Lipinski definition) is 2. The molecule has 7 nitrogen and oxygen atoms in total. The van der Waals surface area contributed by atoms with Gasteiger partial charge in [-0.25, -0.2) is 4.79 Å². The number of rotatable bonds is 7. The van der Waals surface area contributed by atoms with E-state index < -0.39 is 5.97 Å². The zero-order valence-electron chi connectivity index (χ0n) is 19.8. The van der Waals surface area contributed by atoms with E-state index in [1.165, 1.54) is 0 Å². The third kappa shape index (κ3) is 4.55. The third-order valence-electron chi connectivity index (χ3n) is 5.93. The molecule has 5 rings (SSSR count). The molecule has 0 bridgehead atoms. The number of furan rings is 1. The molecule has 2 aromatic carbocycles. The topological polar surface area (TPSA) is 87.8 Å². The Bertz CT molecular complexity index is 1390. The molecule has 0 aliphatic carbocycles. The number of aromatic carboxylic acids is 1. The highest BCUT2D eigenvalue weighted by molar-refractivity contribution is 7.80. The van der Waals surface area contributed by atoms with E-state index in [9.17, 15) is 9.90 Å². The largest absolute Gasteiger partial charge is 0.491 e. The number of carboxylic acids is 1. The summed E-state index contributed by atoms with van der Waals surface area (Å²) in [4.78, 5) is 18.3. The summed E-state index contributed by atoms with van der Waals surface area (Å²) in [6, 6.07) is 23.3. The Morgan fingerprint density at radius 3 is 2.50 bits per heavy atom. The summed E-state index contributed by atoms with van der Waals surface area (Å²) in [5.41, 5.74) is 2.38. The molecule has 0 amide bonds. The Morgan fingerprint density at radius 2 is 1.81 bits per heavy atom. The Balaban J connectivity index is 1.57. The molecule has 182 valence electrons. The van der Waals surface area contributed by atoms with Gasteiger partial charge in [-0.15, -0.1) is 0 Å². The highest BCUT2D eigenvalue weighted by Gasteiger charge is 2.42. The van der Waals surface area contributed by atoms with Gasteiger partial charge in [0.25, 0.3) is 0 Å². The third-order valence-corrected chi connectivity index (χ3v) is 6.24. The van der Waals surface area contributed by atoms with E-state index in [0.29, 0.717) is 22.2 Å². The molecule has 1 saturated heterocycles. The summed E-state index contributed by atoms with van der Waals surface area (Å²) in [6.07, 6.45) is 1.82. The molecule has 1 fully saturated rings. The number of thiocarbonyl (C=S) groups is 1. The number of benzene rings is 2. The first-order chi connectivity index (χ1) is 17.4. The lowest BCUT2D eigenvalue weighted by atomic mass is 10.0. The van der Waals surface area contributed by atoms with Crippen LogP contribution in [0.25, 0.3) is 11.3 Å². The van der Waals surface area contributed by atoms with Gasteiger partial charge in [0.1, 0.15) is 23.3 Å². The SMILES string of the molecule is CC(C)Oc1ccc(N2C(=S)N[C@H](c3ccccn3)[C@H]2c2ccc(-c3ccccc3C(=O)O)o2)cc1. The Morgan fingerprint density at radius 1 is 1.06 bits per heavy atom. The maximum atomic E-state index is 11.8. The van der Waals surface area contributed by atoms with Crippen molar-refractivity contribution >= 4 is 29.0 Å². The second-order valence-electron chi connectivity index (χ2n) is 8.71. The van der Waals surface area contributed by atoms with Crippen molar-refractivity contribution in [1.82, 2.24) is 10.3 Å². The molecule has 3 heterocycles. The fourth-order valence-electron chi connectivity index (χ4n) is 4.42. The highest BCUT2D eigenvalue weighted by Crippen LogP contribution is 2.43. The van der Waals surface area contributed by atoms with Crippen molar-refractivity contribution in [3.05, 3.63) is 102 Å². The van der Waals surface area contributed by atoms with E-state index in [4.69, 9.17) is 21.4 Å². The molecule has 0 saturated carbocycles. The molecule has 1 aliphatic heterocycles. The average molecular weight is 500 g/mol. The van der Waals surface area contributed by atoms with E-state index in [1.807, 2.05) is 67.3 Å². The van der Waals surface area contributed by atoms with Gasteiger partial charge in [0.05, 0.1) is 23.4 Å².